The summed E-state index contributed by atoms with van der Waals surface area (Å²) in [4.78, 5) is 2.49. The molecule has 0 saturated carbocycles. The van der Waals surface area contributed by atoms with E-state index in [0.717, 1.165) is 19.8 Å². The highest BCUT2D eigenvalue weighted by atomic mass is 16.5. The molecule has 0 radical (unpaired) electrons. The molecular weight excluding hydrogens is 126 g/mol. The minimum Gasteiger partial charge on any atom is -0.378 e. The SMILES string of the molecule is CC[C@@H]1COCCN1CC. The first-order valence-electron chi connectivity index (χ1n) is 4.20. The van der Waals surface area contributed by atoms with Crippen LogP contribution in [0.5, 0.6) is 0 Å². The van der Waals surface area contributed by atoms with Gasteiger partial charge in [-0.3, -0.25) is 4.90 Å². The Morgan fingerprint density at radius 1 is 1.50 bits per heavy atom. The van der Waals surface area contributed by atoms with Crippen LogP contribution in [-0.2, 0) is 4.74 Å². The van der Waals surface area contributed by atoms with Crippen molar-refractivity contribution in [3.63, 3.8) is 0 Å². The van der Waals surface area contributed by atoms with E-state index < -0.39 is 0 Å². The number of rotatable bonds is 2. The van der Waals surface area contributed by atoms with Gasteiger partial charge in [-0.25, -0.2) is 0 Å². The van der Waals surface area contributed by atoms with Gasteiger partial charge in [0.15, 0.2) is 0 Å². The Hall–Kier alpha value is -0.0800. The molecular formula is C8H17NO. The number of hydrogen-bond acceptors (Lipinski definition) is 2. The van der Waals surface area contributed by atoms with Crippen LogP contribution in [0.15, 0.2) is 0 Å². The maximum atomic E-state index is 5.36. The Morgan fingerprint density at radius 2 is 2.30 bits per heavy atom. The van der Waals surface area contributed by atoms with Crippen LogP contribution in [0.4, 0.5) is 0 Å². The molecule has 60 valence electrons. The van der Waals surface area contributed by atoms with Crippen molar-refractivity contribution in [2.24, 2.45) is 0 Å². The summed E-state index contributed by atoms with van der Waals surface area (Å²) >= 11 is 0. The van der Waals surface area contributed by atoms with Crippen LogP contribution >= 0.6 is 0 Å². The molecule has 0 N–H and O–H groups in total. The molecule has 0 aromatic heterocycles. The van der Waals surface area contributed by atoms with Gasteiger partial charge in [-0.05, 0) is 13.0 Å². The van der Waals surface area contributed by atoms with E-state index in [1.165, 1.54) is 13.0 Å². The summed E-state index contributed by atoms with van der Waals surface area (Å²) < 4.78 is 5.36. The van der Waals surface area contributed by atoms with Gasteiger partial charge in [0.05, 0.1) is 13.2 Å². The highest BCUT2D eigenvalue weighted by molar-refractivity contribution is 4.72. The molecule has 1 aliphatic heterocycles. The van der Waals surface area contributed by atoms with Crippen molar-refractivity contribution in [3.8, 4) is 0 Å². The lowest BCUT2D eigenvalue weighted by atomic mass is 10.2. The second-order valence-electron chi connectivity index (χ2n) is 2.77. The van der Waals surface area contributed by atoms with Gasteiger partial charge in [-0.15, -0.1) is 0 Å². The number of nitrogens with zero attached hydrogens (tertiary/aromatic N) is 1. The van der Waals surface area contributed by atoms with Gasteiger partial charge in [0.1, 0.15) is 0 Å². The zero-order chi connectivity index (χ0) is 7.40. The fourth-order valence-electron chi connectivity index (χ4n) is 1.48. The summed E-state index contributed by atoms with van der Waals surface area (Å²) in [6, 6.07) is 0.679. The average molecular weight is 143 g/mol. The van der Waals surface area contributed by atoms with Crippen LogP contribution in [0.2, 0.25) is 0 Å². The Balaban J connectivity index is 2.34. The fourth-order valence-corrected chi connectivity index (χ4v) is 1.48. The first kappa shape index (κ1) is 8.02. The van der Waals surface area contributed by atoms with Crippen molar-refractivity contribution in [3.05, 3.63) is 0 Å². The molecule has 0 aliphatic carbocycles. The van der Waals surface area contributed by atoms with E-state index in [4.69, 9.17) is 4.74 Å². The van der Waals surface area contributed by atoms with Gasteiger partial charge in [0.25, 0.3) is 0 Å². The second kappa shape index (κ2) is 3.94. The molecule has 1 saturated heterocycles. The lowest BCUT2D eigenvalue weighted by Crippen LogP contribution is -2.44. The van der Waals surface area contributed by atoms with Crippen LogP contribution in [0.25, 0.3) is 0 Å². The predicted octanol–water partition coefficient (Wildman–Crippen LogP) is 1.12. The van der Waals surface area contributed by atoms with Crippen molar-refractivity contribution < 1.29 is 4.74 Å². The third-order valence-corrected chi connectivity index (χ3v) is 2.23. The van der Waals surface area contributed by atoms with Crippen LogP contribution < -0.4 is 0 Å². The summed E-state index contributed by atoms with van der Waals surface area (Å²) in [5.41, 5.74) is 0. The van der Waals surface area contributed by atoms with E-state index in [9.17, 15) is 0 Å². The second-order valence-corrected chi connectivity index (χ2v) is 2.77. The van der Waals surface area contributed by atoms with Gasteiger partial charge < -0.3 is 4.74 Å². The van der Waals surface area contributed by atoms with Crippen LogP contribution in [0.1, 0.15) is 20.3 Å². The van der Waals surface area contributed by atoms with E-state index >= 15 is 0 Å². The summed E-state index contributed by atoms with van der Waals surface area (Å²) in [6.07, 6.45) is 1.22. The third-order valence-electron chi connectivity index (χ3n) is 2.23. The number of hydrogen-bond donors (Lipinski definition) is 0. The van der Waals surface area contributed by atoms with Crippen molar-refractivity contribution in [2.45, 2.75) is 26.3 Å². The molecule has 0 spiro atoms. The Kier molecular flexibility index (Phi) is 3.16. The lowest BCUT2D eigenvalue weighted by Gasteiger charge is -2.33. The predicted molar refractivity (Wildman–Crippen MR) is 42.1 cm³/mol. The van der Waals surface area contributed by atoms with Crippen molar-refractivity contribution in [1.29, 1.82) is 0 Å². The molecule has 0 bridgehead atoms. The normalized spacial score (nSPS) is 28.8. The summed E-state index contributed by atoms with van der Waals surface area (Å²) in [7, 11) is 0. The number of morpholine rings is 1. The minimum absolute atomic E-state index is 0.679. The van der Waals surface area contributed by atoms with Crippen LogP contribution in [0, 0.1) is 0 Å². The van der Waals surface area contributed by atoms with E-state index in [2.05, 4.69) is 18.7 Å². The van der Waals surface area contributed by atoms with Gasteiger partial charge >= 0.3 is 0 Å². The third kappa shape index (κ3) is 1.70. The van der Waals surface area contributed by atoms with E-state index in [0.29, 0.717) is 6.04 Å². The number of ether oxygens (including phenoxy) is 1. The molecule has 2 heteroatoms. The highest BCUT2D eigenvalue weighted by Gasteiger charge is 2.18. The standard InChI is InChI=1S/C8H17NO/c1-3-8-7-10-6-5-9(8)4-2/h8H,3-7H2,1-2H3/t8-/m1/s1. The molecule has 0 unspecified atom stereocenters. The number of likely N-dealkylation sites (N-methyl/N-ethyl adjacent to an activating group) is 1. The van der Waals surface area contributed by atoms with Crippen molar-refractivity contribution >= 4 is 0 Å². The van der Waals surface area contributed by atoms with E-state index in [1.54, 1.807) is 0 Å². The molecule has 0 aromatic carbocycles. The van der Waals surface area contributed by atoms with Crippen molar-refractivity contribution in [2.75, 3.05) is 26.3 Å². The molecule has 2 nitrogen and oxygen atoms in total. The summed E-state index contributed by atoms with van der Waals surface area (Å²) in [5.74, 6) is 0. The smallest absolute Gasteiger partial charge is 0.0622 e. The van der Waals surface area contributed by atoms with Gasteiger partial charge in [-0.1, -0.05) is 13.8 Å². The topological polar surface area (TPSA) is 12.5 Å². The average Bonchev–Trinajstić information content (AvgIpc) is 2.04. The van der Waals surface area contributed by atoms with Gasteiger partial charge in [0.2, 0.25) is 0 Å². The summed E-state index contributed by atoms with van der Waals surface area (Å²) in [6.45, 7) is 8.58. The zero-order valence-electron chi connectivity index (χ0n) is 6.97. The largest absolute Gasteiger partial charge is 0.378 e. The van der Waals surface area contributed by atoms with Gasteiger partial charge in [0, 0.05) is 12.6 Å². The molecule has 0 amide bonds. The molecule has 1 rings (SSSR count). The minimum atomic E-state index is 0.679. The van der Waals surface area contributed by atoms with E-state index in [1.807, 2.05) is 0 Å². The monoisotopic (exact) mass is 143 g/mol. The maximum absolute atomic E-state index is 5.36. The Morgan fingerprint density at radius 3 is 2.80 bits per heavy atom. The lowest BCUT2D eigenvalue weighted by molar-refractivity contribution is -0.00586. The van der Waals surface area contributed by atoms with Crippen LogP contribution in [0.3, 0.4) is 0 Å². The van der Waals surface area contributed by atoms with Crippen LogP contribution in [-0.4, -0.2) is 37.2 Å². The molecule has 0 aromatic rings. The molecule has 10 heavy (non-hydrogen) atoms. The first-order valence-corrected chi connectivity index (χ1v) is 4.20. The Bertz CT molecular complexity index is 83.3. The molecule has 1 fully saturated rings. The molecule has 1 heterocycles. The van der Waals surface area contributed by atoms with Gasteiger partial charge in [-0.2, -0.15) is 0 Å². The zero-order valence-corrected chi connectivity index (χ0v) is 6.97. The molecule has 1 atom stereocenters. The summed E-state index contributed by atoms with van der Waals surface area (Å²) in [5, 5.41) is 0. The Labute approximate surface area is 63.2 Å². The van der Waals surface area contributed by atoms with E-state index in [-0.39, 0.29) is 0 Å². The fraction of sp³-hybridized carbons (Fsp3) is 1.00. The first-order chi connectivity index (χ1) is 4.88. The van der Waals surface area contributed by atoms with Crippen molar-refractivity contribution in [1.82, 2.24) is 4.90 Å². The highest BCUT2D eigenvalue weighted by Crippen LogP contribution is 2.08. The quantitative estimate of drug-likeness (QED) is 0.574. The molecule has 1 aliphatic rings. The maximum Gasteiger partial charge on any atom is 0.0622 e.